The molecule has 1 aliphatic rings. The van der Waals surface area contributed by atoms with Crippen molar-refractivity contribution in [2.75, 3.05) is 25.9 Å². The molecular weight excluding hydrogens is 212 g/mol. The van der Waals surface area contributed by atoms with Crippen molar-refractivity contribution in [2.24, 2.45) is 5.92 Å². The third-order valence-corrected chi connectivity index (χ3v) is 3.05. The number of carbonyl (C=O) groups is 1. The van der Waals surface area contributed by atoms with E-state index in [2.05, 4.69) is 10.6 Å². The zero-order chi connectivity index (χ0) is 10.7. The Balaban J connectivity index is 1.83. The molecule has 0 saturated carbocycles. The molecular formula is C10H14N2O2S. The number of furan rings is 1. The van der Waals surface area contributed by atoms with Crippen LogP contribution in [0.3, 0.4) is 0 Å². The first-order chi connectivity index (χ1) is 7.29. The fourth-order valence-electron chi connectivity index (χ4n) is 1.37. The van der Waals surface area contributed by atoms with Crippen molar-refractivity contribution >= 4 is 17.7 Å². The molecule has 0 bridgehead atoms. The Morgan fingerprint density at radius 1 is 1.67 bits per heavy atom. The van der Waals surface area contributed by atoms with Crippen molar-refractivity contribution in [3.63, 3.8) is 0 Å². The summed E-state index contributed by atoms with van der Waals surface area (Å²) in [6.07, 6.45) is 1.92. The second kappa shape index (κ2) is 4.72. The van der Waals surface area contributed by atoms with Crippen molar-refractivity contribution in [3.8, 4) is 0 Å². The lowest BCUT2D eigenvalue weighted by Gasteiger charge is -2.26. The van der Waals surface area contributed by atoms with Crippen molar-refractivity contribution < 1.29 is 9.21 Å². The fraction of sp³-hybridized carbons (Fsp3) is 0.500. The van der Waals surface area contributed by atoms with Gasteiger partial charge in [-0.25, -0.2) is 0 Å². The molecule has 0 radical (unpaired) electrons. The summed E-state index contributed by atoms with van der Waals surface area (Å²) in [5.74, 6) is 0.845. The Hall–Kier alpha value is -0.940. The quantitative estimate of drug-likeness (QED) is 0.751. The Morgan fingerprint density at radius 3 is 3.00 bits per heavy atom. The molecule has 0 unspecified atom stereocenters. The molecule has 1 saturated heterocycles. The normalized spacial score (nSPS) is 16.1. The predicted molar refractivity (Wildman–Crippen MR) is 59.2 cm³/mol. The molecule has 15 heavy (non-hydrogen) atoms. The van der Waals surface area contributed by atoms with E-state index in [0.29, 0.717) is 11.7 Å². The molecule has 4 nitrogen and oxygen atoms in total. The van der Waals surface area contributed by atoms with Gasteiger partial charge in [0.1, 0.15) is 0 Å². The summed E-state index contributed by atoms with van der Waals surface area (Å²) in [7, 11) is 0. The summed E-state index contributed by atoms with van der Waals surface area (Å²) < 4.78 is 5.31. The van der Waals surface area contributed by atoms with Gasteiger partial charge >= 0.3 is 0 Å². The average molecular weight is 226 g/mol. The third kappa shape index (κ3) is 2.54. The van der Waals surface area contributed by atoms with Crippen LogP contribution in [0.2, 0.25) is 0 Å². The molecule has 1 aromatic heterocycles. The Bertz CT molecular complexity index is 347. The Kier molecular flexibility index (Phi) is 3.33. The topological polar surface area (TPSA) is 54.3 Å². The van der Waals surface area contributed by atoms with Crippen LogP contribution in [-0.4, -0.2) is 31.8 Å². The first-order valence-corrected chi connectivity index (χ1v) is 6.15. The number of carbonyl (C=O) groups excluding carboxylic acids is 1. The fourth-order valence-corrected chi connectivity index (χ4v) is 1.75. The van der Waals surface area contributed by atoms with E-state index in [-0.39, 0.29) is 5.91 Å². The van der Waals surface area contributed by atoms with Crippen molar-refractivity contribution in [1.29, 1.82) is 0 Å². The summed E-state index contributed by atoms with van der Waals surface area (Å²) in [5, 5.41) is 6.79. The third-order valence-electron chi connectivity index (χ3n) is 2.42. The van der Waals surface area contributed by atoms with Crippen LogP contribution in [-0.2, 0) is 0 Å². The van der Waals surface area contributed by atoms with Gasteiger partial charge in [0.2, 0.25) is 0 Å². The molecule has 2 rings (SSSR count). The second-order valence-electron chi connectivity index (χ2n) is 3.56. The van der Waals surface area contributed by atoms with Crippen molar-refractivity contribution in [2.45, 2.75) is 5.09 Å². The van der Waals surface area contributed by atoms with E-state index < -0.39 is 0 Å². The second-order valence-corrected chi connectivity index (χ2v) is 4.37. The zero-order valence-corrected chi connectivity index (χ0v) is 9.39. The molecule has 1 amide bonds. The van der Waals surface area contributed by atoms with Gasteiger partial charge in [0.05, 0.1) is 0 Å². The highest BCUT2D eigenvalue weighted by molar-refractivity contribution is 7.98. The summed E-state index contributed by atoms with van der Waals surface area (Å²) in [6.45, 7) is 2.71. The lowest BCUT2D eigenvalue weighted by atomic mass is 10.0. The van der Waals surface area contributed by atoms with Gasteiger partial charge in [0.25, 0.3) is 5.91 Å². The maximum absolute atomic E-state index is 11.6. The molecule has 1 fully saturated rings. The van der Waals surface area contributed by atoms with Gasteiger partial charge in [-0.3, -0.25) is 4.79 Å². The van der Waals surface area contributed by atoms with Crippen LogP contribution < -0.4 is 10.6 Å². The molecule has 0 aromatic carbocycles. The first-order valence-electron chi connectivity index (χ1n) is 4.92. The summed E-state index contributed by atoms with van der Waals surface area (Å²) in [6, 6.07) is 3.52. The van der Waals surface area contributed by atoms with E-state index in [4.69, 9.17) is 4.42 Å². The SMILES string of the molecule is CSc1ccc(C(=O)NCC2CNC2)o1. The van der Waals surface area contributed by atoms with E-state index in [0.717, 1.165) is 24.7 Å². The lowest BCUT2D eigenvalue weighted by molar-refractivity contribution is 0.0909. The van der Waals surface area contributed by atoms with Crippen LogP contribution in [0, 0.1) is 5.92 Å². The van der Waals surface area contributed by atoms with Crippen LogP contribution in [0.5, 0.6) is 0 Å². The number of nitrogens with one attached hydrogen (secondary N) is 2. The largest absolute Gasteiger partial charge is 0.445 e. The van der Waals surface area contributed by atoms with Crippen molar-refractivity contribution in [1.82, 2.24) is 10.6 Å². The van der Waals surface area contributed by atoms with Gasteiger partial charge in [-0.2, -0.15) is 0 Å². The van der Waals surface area contributed by atoms with Gasteiger partial charge in [-0.05, 0) is 18.4 Å². The number of hydrogen-bond donors (Lipinski definition) is 2. The lowest BCUT2D eigenvalue weighted by Crippen LogP contribution is -2.48. The monoisotopic (exact) mass is 226 g/mol. The van der Waals surface area contributed by atoms with Crippen LogP contribution in [0.15, 0.2) is 21.6 Å². The highest BCUT2D eigenvalue weighted by Gasteiger charge is 2.18. The minimum absolute atomic E-state index is 0.123. The van der Waals surface area contributed by atoms with Gasteiger partial charge in [0, 0.05) is 25.6 Å². The molecule has 1 aliphatic heterocycles. The Morgan fingerprint density at radius 2 is 2.47 bits per heavy atom. The van der Waals surface area contributed by atoms with Gasteiger partial charge in [0.15, 0.2) is 10.9 Å². The highest BCUT2D eigenvalue weighted by Crippen LogP contribution is 2.17. The van der Waals surface area contributed by atoms with Crippen LogP contribution >= 0.6 is 11.8 Å². The van der Waals surface area contributed by atoms with E-state index in [1.807, 2.05) is 12.3 Å². The molecule has 82 valence electrons. The summed E-state index contributed by atoms with van der Waals surface area (Å²) >= 11 is 1.49. The smallest absolute Gasteiger partial charge is 0.287 e. The van der Waals surface area contributed by atoms with E-state index in [9.17, 15) is 4.79 Å². The van der Waals surface area contributed by atoms with E-state index in [1.165, 1.54) is 11.8 Å². The van der Waals surface area contributed by atoms with Gasteiger partial charge in [-0.15, -0.1) is 0 Å². The van der Waals surface area contributed by atoms with Gasteiger partial charge in [-0.1, -0.05) is 11.8 Å². The standard InChI is InChI=1S/C10H14N2O2S/c1-15-9-3-2-8(14-9)10(13)12-6-7-4-11-5-7/h2-3,7,11H,4-6H2,1H3,(H,12,13). The number of amides is 1. The van der Waals surface area contributed by atoms with E-state index in [1.54, 1.807) is 6.07 Å². The van der Waals surface area contributed by atoms with E-state index >= 15 is 0 Å². The predicted octanol–water partition coefficient (Wildman–Crippen LogP) is 0.951. The average Bonchev–Trinajstić information content (AvgIpc) is 2.63. The molecule has 1 aromatic rings. The molecule has 0 atom stereocenters. The Labute approximate surface area is 92.8 Å². The molecule has 0 spiro atoms. The zero-order valence-electron chi connectivity index (χ0n) is 8.58. The molecule has 0 aliphatic carbocycles. The summed E-state index contributed by atoms with van der Waals surface area (Å²) in [4.78, 5) is 11.6. The minimum atomic E-state index is -0.123. The van der Waals surface area contributed by atoms with Crippen LogP contribution in [0.25, 0.3) is 0 Å². The minimum Gasteiger partial charge on any atom is -0.445 e. The van der Waals surface area contributed by atoms with Crippen molar-refractivity contribution in [3.05, 3.63) is 17.9 Å². The number of thioether (sulfide) groups is 1. The van der Waals surface area contributed by atoms with Crippen LogP contribution in [0.4, 0.5) is 0 Å². The molecule has 2 N–H and O–H groups in total. The first kappa shape index (κ1) is 10.6. The van der Waals surface area contributed by atoms with Gasteiger partial charge < -0.3 is 15.1 Å². The number of hydrogen-bond acceptors (Lipinski definition) is 4. The summed E-state index contributed by atoms with van der Waals surface area (Å²) in [5.41, 5.74) is 0. The van der Waals surface area contributed by atoms with Crippen LogP contribution in [0.1, 0.15) is 10.6 Å². The molecule has 2 heterocycles. The maximum Gasteiger partial charge on any atom is 0.287 e. The highest BCUT2D eigenvalue weighted by atomic mass is 32.2. The molecule has 5 heteroatoms. The maximum atomic E-state index is 11.6. The number of rotatable bonds is 4.